The Morgan fingerprint density at radius 3 is 1.70 bits per heavy atom. The van der Waals surface area contributed by atoms with E-state index in [0.29, 0.717) is 6.42 Å². The van der Waals surface area contributed by atoms with Gasteiger partial charge in [0.2, 0.25) is 0 Å². The number of carbonyl (C=O) groups excluding carboxylic acids is 1. The summed E-state index contributed by atoms with van der Waals surface area (Å²) in [5.41, 5.74) is 0. The molecule has 0 radical (unpaired) electrons. The maximum atomic E-state index is 11.8. The molecule has 0 amide bonds. The number of carbonyl (C=O) groups is 1. The average Bonchev–Trinajstić information content (AvgIpc) is 2.56. The van der Waals surface area contributed by atoms with E-state index in [2.05, 4.69) is 20.8 Å². The second kappa shape index (κ2) is 17.8. The molecule has 0 aliphatic heterocycles. The summed E-state index contributed by atoms with van der Waals surface area (Å²) in [6.07, 6.45) is 19.5. The molecular formula is C21H42O2. The minimum Gasteiger partial charge on any atom is -0.462 e. The first-order valence-corrected chi connectivity index (χ1v) is 10.4. The van der Waals surface area contributed by atoms with E-state index in [1.807, 2.05) is 0 Å². The van der Waals surface area contributed by atoms with Crippen LogP contribution in [0.2, 0.25) is 0 Å². The number of unbranched alkanes of at least 4 members (excludes halogenated alkanes) is 11. The van der Waals surface area contributed by atoms with Gasteiger partial charge in [0.1, 0.15) is 6.10 Å². The molecule has 0 fully saturated rings. The second-order valence-electron chi connectivity index (χ2n) is 6.95. The van der Waals surface area contributed by atoms with E-state index in [0.717, 1.165) is 25.7 Å². The van der Waals surface area contributed by atoms with Gasteiger partial charge in [0, 0.05) is 6.42 Å². The van der Waals surface area contributed by atoms with E-state index in [9.17, 15) is 4.79 Å². The van der Waals surface area contributed by atoms with Crippen LogP contribution < -0.4 is 0 Å². The lowest BCUT2D eigenvalue weighted by atomic mass is 10.0. The second-order valence-corrected chi connectivity index (χ2v) is 6.95. The van der Waals surface area contributed by atoms with Crippen LogP contribution >= 0.6 is 0 Å². The Morgan fingerprint density at radius 2 is 1.17 bits per heavy atom. The van der Waals surface area contributed by atoms with Crippen LogP contribution in [0.3, 0.4) is 0 Å². The molecule has 23 heavy (non-hydrogen) atoms. The highest BCUT2D eigenvalue weighted by molar-refractivity contribution is 5.69. The maximum absolute atomic E-state index is 11.8. The molecule has 2 nitrogen and oxygen atoms in total. The molecule has 0 rings (SSSR count). The van der Waals surface area contributed by atoms with Gasteiger partial charge in [-0.05, 0) is 25.7 Å². The van der Waals surface area contributed by atoms with E-state index >= 15 is 0 Å². The minimum absolute atomic E-state index is 0.0175. The standard InChI is InChI=1S/C21H42O2/c1-4-7-9-11-12-13-14-15-16-18-20(6-3)23-21(22)19-17-10-8-5-2/h20H,4-19H2,1-3H3/t20-/m1/s1. The first kappa shape index (κ1) is 22.5. The van der Waals surface area contributed by atoms with Gasteiger partial charge in [0.15, 0.2) is 0 Å². The van der Waals surface area contributed by atoms with Crippen molar-refractivity contribution in [2.75, 3.05) is 0 Å². The third-order valence-corrected chi connectivity index (χ3v) is 4.62. The van der Waals surface area contributed by atoms with Crippen LogP contribution in [0.15, 0.2) is 0 Å². The van der Waals surface area contributed by atoms with Crippen molar-refractivity contribution in [1.82, 2.24) is 0 Å². The maximum Gasteiger partial charge on any atom is 0.306 e. The molecule has 1 atom stereocenters. The molecule has 0 aromatic heterocycles. The van der Waals surface area contributed by atoms with Crippen LogP contribution in [-0.2, 0) is 9.53 Å². The number of rotatable bonds is 17. The monoisotopic (exact) mass is 326 g/mol. The fourth-order valence-electron chi connectivity index (χ4n) is 2.97. The van der Waals surface area contributed by atoms with Gasteiger partial charge in [0.05, 0.1) is 0 Å². The van der Waals surface area contributed by atoms with Crippen molar-refractivity contribution in [2.45, 2.75) is 130 Å². The van der Waals surface area contributed by atoms with Gasteiger partial charge >= 0.3 is 5.97 Å². The van der Waals surface area contributed by atoms with Crippen molar-refractivity contribution >= 4 is 5.97 Å². The molecule has 2 heteroatoms. The molecule has 0 saturated carbocycles. The quantitative estimate of drug-likeness (QED) is 0.209. The Bertz CT molecular complexity index is 250. The van der Waals surface area contributed by atoms with Gasteiger partial charge in [-0.25, -0.2) is 0 Å². The smallest absolute Gasteiger partial charge is 0.306 e. The van der Waals surface area contributed by atoms with E-state index in [4.69, 9.17) is 4.74 Å². The van der Waals surface area contributed by atoms with E-state index < -0.39 is 0 Å². The molecule has 0 aliphatic carbocycles. The van der Waals surface area contributed by atoms with E-state index in [-0.39, 0.29) is 12.1 Å². The fourth-order valence-corrected chi connectivity index (χ4v) is 2.97. The molecule has 0 unspecified atom stereocenters. The lowest BCUT2D eigenvalue weighted by Gasteiger charge is -2.16. The molecule has 0 spiro atoms. The van der Waals surface area contributed by atoms with Gasteiger partial charge in [-0.3, -0.25) is 4.79 Å². The third kappa shape index (κ3) is 16.1. The highest BCUT2D eigenvalue weighted by atomic mass is 16.5. The normalized spacial score (nSPS) is 12.3. The highest BCUT2D eigenvalue weighted by Crippen LogP contribution is 2.15. The van der Waals surface area contributed by atoms with Crippen LogP contribution in [0.5, 0.6) is 0 Å². The van der Waals surface area contributed by atoms with Crippen LogP contribution in [-0.4, -0.2) is 12.1 Å². The Kier molecular flexibility index (Phi) is 17.4. The number of hydrogen-bond acceptors (Lipinski definition) is 2. The largest absolute Gasteiger partial charge is 0.462 e. The van der Waals surface area contributed by atoms with Crippen LogP contribution in [0.1, 0.15) is 124 Å². The molecule has 0 heterocycles. The summed E-state index contributed by atoms with van der Waals surface area (Å²) < 4.78 is 5.61. The van der Waals surface area contributed by atoms with Crippen molar-refractivity contribution in [1.29, 1.82) is 0 Å². The summed E-state index contributed by atoms with van der Waals surface area (Å²) >= 11 is 0. The first-order chi connectivity index (χ1) is 11.2. The number of ether oxygens (including phenoxy) is 1. The number of esters is 1. The summed E-state index contributed by atoms with van der Waals surface area (Å²) in [6, 6.07) is 0. The number of hydrogen-bond donors (Lipinski definition) is 0. The lowest BCUT2D eigenvalue weighted by Crippen LogP contribution is -2.17. The van der Waals surface area contributed by atoms with Crippen molar-refractivity contribution in [2.24, 2.45) is 0 Å². The van der Waals surface area contributed by atoms with Gasteiger partial charge < -0.3 is 4.74 Å². The summed E-state index contributed by atoms with van der Waals surface area (Å²) in [4.78, 5) is 11.8. The fraction of sp³-hybridized carbons (Fsp3) is 0.952. The molecule has 0 saturated heterocycles. The summed E-state index contributed by atoms with van der Waals surface area (Å²) in [7, 11) is 0. The molecule has 0 bridgehead atoms. The molecule has 138 valence electrons. The average molecular weight is 327 g/mol. The lowest BCUT2D eigenvalue weighted by molar-refractivity contribution is -0.149. The molecule has 0 aliphatic rings. The van der Waals surface area contributed by atoms with Crippen molar-refractivity contribution < 1.29 is 9.53 Å². The Morgan fingerprint density at radius 1 is 0.696 bits per heavy atom. The van der Waals surface area contributed by atoms with Crippen LogP contribution in [0.25, 0.3) is 0 Å². The molecular weight excluding hydrogens is 284 g/mol. The van der Waals surface area contributed by atoms with Crippen molar-refractivity contribution in [3.05, 3.63) is 0 Å². The third-order valence-electron chi connectivity index (χ3n) is 4.62. The first-order valence-electron chi connectivity index (χ1n) is 10.4. The summed E-state index contributed by atoms with van der Waals surface area (Å²) in [6.45, 7) is 6.58. The summed E-state index contributed by atoms with van der Waals surface area (Å²) in [5.74, 6) is 0.0175. The van der Waals surface area contributed by atoms with E-state index in [1.165, 1.54) is 70.6 Å². The predicted octanol–water partition coefficient (Wildman–Crippen LogP) is 7.20. The molecule has 0 N–H and O–H groups in total. The van der Waals surface area contributed by atoms with Crippen LogP contribution in [0.4, 0.5) is 0 Å². The summed E-state index contributed by atoms with van der Waals surface area (Å²) in [5, 5.41) is 0. The van der Waals surface area contributed by atoms with Gasteiger partial charge in [-0.1, -0.05) is 91.4 Å². The SMILES string of the molecule is CCCCCCCCCCC[C@@H](CC)OC(=O)CCCCCC. The Hall–Kier alpha value is -0.530. The van der Waals surface area contributed by atoms with Gasteiger partial charge in [-0.2, -0.15) is 0 Å². The Labute approximate surface area is 145 Å². The predicted molar refractivity (Wildman–Crippen MR) is 101 cm³/mol. The Balaban J connectivity index is 3.48. The van der Waals surface area contributed by atoms with E-state index in [1.54, 1.807) is 0 Å². The van der Waals surface area contributed by atoms with Crippen molar-refractivity contribution in [3.63, 3.8) is 0 Å². The molecule has 0 aromatic carbocycles. The topological polar surface area (TPSA) is 26.3 Å². The van der Waals surface area contributed by atoms with Crippen LogP contribution in [0, 0.1) is 0 Å². The minimum atomic E-state index is 0.0175. The molecule has 0 aromatic rings. The zero-order valence-corrected chi connectivity index (χ0v) is 16.2. The zero-order chi connectivity index (χ0) is 17.2. The highest BCUT2D eigenvalue weighted by Gasteiger charge is 2.11. The van der Waals surface area contributed by atoms with Crippen molar-refractivity contribution in [3.8, 4) is 0 Å². The van der Waals surface area contributed by atoms with Gasteiger partial charge in [-0.15, -0.1) is 0 Å². The van der Waals surface area contributed by atoms with Gasteiger partial charge in [0.25, 0.3) is 0 Å². The zero-order valence-electron chi connectivity index (χ0n) is 16.2.